The third-order valence-corrected chi connectivity index (χ3v) is 7.38. The molecule has 0 bridgehead atoms. The molecule has 1 aliphatic rings. The fourth-order valence-corrected chi connectivity index (χ4v) is 5.52. The first-order valence-electron chi connectivity index (χ1n) is 12.1. The van der Waals surface area contributed by atoms with Gasteiger partial charge in [-0.3, -0.25) is 14.8 Å². The van der Waals surface area contributed by atoms with Crippen molar-refractivity contribution in [2.75, 3.05) is 11.9 Å². The number of benzene rings is 2. The van der Waals surface area contributed by atoms with Gasteiger partial charge in [0, 0.05) is 41.2 Å². The Bertz CT molecular complexity index is 1490. The Morgan fingerprint density at radius 1 is 1.16 bits per heavy atom. The third kappa shape index (κ3) is 5.92. The van der Waals surface area contributed by atoms with Crippen LogP contribution in [0.4, 0.5) is 5.13 Å². The topological polar surface area (TPSA) is 119 Å². The van der Waals surface area contributed by atoms with E-state index in [-0.39, 0.29) is 5.91 Å². The van der Waals surface area contributed by atoms with Crippen molar-refractivity contribution in [3.8, 4) is 23.3 Å². The SMILES string of the molecule is N#CCCNC1CCc2nc(NC(=O)c3cccc(Cn4cc(-c5ccc(C#N)cc5)cn4)c3)sc2C1. The zero-order valence-electron chi connectivity index (χ0n) is 20.1. The second-order valence-corrected chi connectivity index (χ2v) is 10.0. The van der Waals surface area contributed by atoms with Crippen LogP contribution in [0.5, 0.6) is 0 Å². The highest BCUT2D eigenvalue weighted by molar-refractivity contribution is 7.15. The molecule has 2 aromatic carbocycles. The van der Waals surface area contributed by atoms with E-state index in [9.17, 15) is 4.79 Å². The largest absolute Gasteiger partial charge is 0.313 e. The summed E-state index contributed by atoms with van der Waals surface area (Å²) in [5.74, 6) is -0.185. The van der Waals surface area contributed by atoms with Gasteiger partial charge in [0.2, 0.25) is 0 Å². The lowest BCUT2D eigenvalue weighted by Gasteiger charge is -2.21. The van der Waals surface area contributed by atoms with E-state index < -0.39 is 0 Å². The van der Waals surface area contributed by atoms with Gasteiger partial charge in [-0.15, -0.1) is 11.3 Å². The normalized spacial score (nSPS) is 14.4. The highest BCUT2D eigenvalue weighted by Crippen LogP contribution is 2.30. The van der Waals surface area contributed by atoms with Gasteiger partial charge >= 0.3 is 0 Å². The molecule has 184 valence electrons. The summed E-state index contributed by atoms with van der Waals surface area (Å²) in [7, 11) is 0. The molecule has 8 nitrogen and oxygen atoms in total. The summed E-state index contributed by atoms with van der Waals surface area (Å²) in [4.78, 5) is 18.8. The molecule has 9 heteroatoms. The van der Waals surface area contributed by atoms with Crippen LogP contribution in [0.3, 0.4) is 0 Å². The highest BCUT2D eigenvalue weighted by atomic mass is 32.1. The van der Waals surface area contributed by atoms with Gasteiger partial charge in [-0.2, -0.15) is 15.6 Å². The monoisotopic (exact) mass is 507 g/mol. The fraction of sp³-hybridized carbons (Fsp3) is 0.250. The lowest BCUT2D eigenvalue weighted by atomic mass is 9.98. The number of amides is 1. The molecule has 0 saturated carbocycles. The number of carbonyl (C=O) groups excluding carboxylic acids is 1. The smallest absolute Gasteiger partial charge is 0.257 e. The summed E-state index contributed by atoms with van der Waals surface area (Å²) in [5, 5.41) is 29.2. The average molecular weight is 508 g/mol. The molecular weight excluding hydrogens is 482 g/mol. The van der Waals surface area contributed by atoms with Crippen LogP contribution in [0.1, 0.15) is 44.9 Å². The number of rotatable bonds is 8. The van der Waals surface area contributed by atoms with Gasteiger partial charge in [0.25, 0.3) is 5.91 Å². The van der Waals surface area contributed by atoms with Crippen molar-refractivity contribution >= 4 is 22.4 Å². The molecule has 2 heterocycles. The minimum Gasteiger partial charge on any atom is -0.313 e. The number of carbonyl (C=O) groups is 1. The lowest BCUT2D eigenvalue weighted by molar-refractivity contribution is 0.102. The quantitative estimate of drug-likeness (QED) is 0.338. The number of fused-ring (bicyclic) bond motifs is 1. The van der Waals surface area contributed by atoms with Gasteiger partial charge < -0.3 is 5.32 Å². The third-order valence-electron chi connectivity index (χ3n) is 6.34. The number of thiazole rings is 1. The first kappa shape index (κ1) is 24.4. The molecule has 0 radical (unpaired) electrons. The van der Waals surface area contributed by atoms with Crippen molar-refractivity contribution in [2.24, 2.45) is 0 Å². The summed E-state index contributed by atoms with van der Waals surface area (Å²) < 4.78 is 1.83. The van der Waals surface area contributed by atoms with E-state index in [0.29, 0.717) is 41.8 Å². The Kier molecular flexibility index (Phi) is 7.36. The van der Waals surface area contributed by atoms with E-state index in [0.717, 1.165) is 41.6 Å². The molecule has 0 saturated heterocycles. The predicted octanol–water partition coefficient (Wildman–Crippen LogP) is 4.54. The Morgan fingerprint density at radius 3 is 2.84 bits per heavy atom. The molecule has 2 aromatic heterocycles. The number of hydrogen-bond acceptors (Lipinski definition) is 7. The summed E-state index contributed by atoms with van der Waals surface area (Å²) in [6.07, 6.45) is 6.99. The van der Waals surface area contributed by atoms with Crippen LogP contribution < -0.4 is 10.6 Å². The minimum absolute atomic E-state index is 0.185. The molecule has 5 rings (SSSR count). The predicted molar refractivity (Wildman–Crippen MR) is 142 cm³/mol. The maximum absolute atomic E-state index is 13.0. The summed E-state index contributed by atoms with van der Waals surface area (Å²) >= 11 is 1.53. The number of aryl methyl sites for hydroxylation is 1. The molecule has 1 amide bonds. The average Bonchev–Trinajstić information content (AvgIpc) is 3.55. The van der Waals surface area contributed by atoms with Gasteiger partial charge in [-0.1, -0.05) is 24.3 Å². The molecule has 1 aliphatic carbocycles. The Balaban J connectivity index is 1.21. The second-order valence-electron chi connectivity index (χ2n) is 8.96. The Hall–Kier alpha value is -4.31. The van der Waals surface area contributed by atoms with Gasteiger partial charge in [0.05, 0.1) is 36.1 Å². The van der Waals surface area contributed by atoms with E-state index in [4.69, 9.17) is 10.5 Å². The molecule has 0 aliphatic heterocycles. The van der Waals surface area contributed by atoms with Crippen LogP contribution >= 0.6 is 11.3 Å². The van der Waals surface area contributed by atoms with Crippen LogP contribution in [0.2, 0.25) is 0 Å². The first-order chi connectivity index (χ1) is 18.1. The molecule has 1 unspecified atom stereocenters. The van der Waals surface area contributed by atoms with Crippen LogP contribution in [0.15, 0.2) is 60.9 Å². The van der Waals surface area contributed by atoms with Crippen molar-refractivity contribution in [3.05, 3.63) is 88.2 Å². The molecule has 0 fully saturated rings. The number of anilines is 1. The Morgan fingerprint density at radius 2 is 2.03 bits per heavy atom. The van der Waals surface area contributed by atoms with Crippen molar-refractivity contribution in [3.63, 3.8) is 0 Å². The number of hydrogen-bond donors (Lipinski definition) is 2. The zero-order valence-corrected chi connectivity index (χ0v) is 21.0. The van der Waals surface area contributed by atoms with Gasteiger partial charge in [-0.25, -0.2) is 4.98 Å². The first-order valence-corrected chi connectivity index (χ1v) is 12.9. The zero-order chi connectivity index (χ0) is 25.6. The van der Waals surface area contributed by atoms with Crippen LogP contribution in [-0.2, 0) is 19.4 Å². The molecule has 37 heavy (non-hydrogen) atoms. The van der Waals surface area contributed by atoms with Crippen LogP contribution in [-0.4, -0.2) is 33.3 Å². The van der Waals surface area contributed by atoms with E-state index >= 15 is 0 Å². The summed E-state index contributed by atoms with van der Waals surface area (Å²) in [6, 6.07) is 19.6. The van der Waals surface area contributed by atoms with Gasteiger partial charge in [0.15, 0.2) is 5.13 Å². The van der Waals surface area contributed by atoms with Gasteiger partial charge in [0.1, 0.15) is 0 Å². The molecule has 4 aromatic rings. The lowest BCUT2D eigenvalue weighted by Crippen LogP contribution is -2.34. The van der Waals surface area contributed by atoms with Crippen molar-refractivity contribution < 1.29 is 4.79 Å². The highest BCUT2D eigenvalue weighted by Gasteiger charge is 2.23. The number of nitriles is 2. The second kappa shape index (κ2) is 11.2. The number of nitrogens with one attached hydrogen (secondary N) is 2. The van der Waals surface area contributed by atoms with Crippen molar-refractivity contribution in [1.29, 1.82) is 10.5 Å². The van der Waals surface area contributed by atoms with E-state index in [1.54, 1.807) is 24.4 Å². The van der Waals surface area contributed by atoms with E-state index in [1.807, 2.05) is 41.2 Å². The summed E-state index contributed by atoms with van der Waals surface area (Å²) in [6.45, 7) is 1.23. The van der Waals surface area contributed by atoms with E-state index in [1.165, 1.54) is 16.2 Å². The number of nitrogens with zero attached hydrogens (tertiary/aromatic N) is 5. The van der Waals surface area contributed by atoms with Gasteiger partial charge in [-0.05, 0) is 54.7 Å². The number of aromatic nitrogens is 3. The van der Waals surface area contributed by atoms with Crippen LogP contribution in [0.25, 0.3) is 11.1 Å². The maximum Gasteiger partial charge on any atom is 0.257 e. The molecule has 2 N–H and O–H groups in total. The molecular formula is C28H25N7OS. The minimum atomic E-state index is -0.185. The van der Waals surface area contributed by atoms with Crippen molar-refractivity contribution in [1.82, 2.24) is 20.1 Å². The fourth-order valence-electron chi connectivity index (χ4n) is 4.44. The van der Waals surface area contributed by atoms with Crippen LogP contribution in [0, 0.1) is 22.7 Å². The summed E-state index contributed by atoms with van der Waals surface area (Å²) in [5.41, 5.74) is 5.18. The van der Waals surface area contributed by atoms with Crippen molar-refractivity contribution in [2.45, 2.75) is 38.3 Å². The maximum atomic E-state index is 13.0. The Labute approximate surface area is 219 Å². The standard InChI is InChI=1S/C28H25N7OS/c29-11-2-12-31-24-9-10-25-26(14-24)37-28(33-25)34-27(36)22-4-1-3-20(13-22)17-35-18-23(16-32-35)21-7-5-19(15-30)6-8-21/h1,3-8,13,16,18,24,31H,2,9-10,12,14,17H2,(H,33,34,36). The molecule has 0 spiro atoms. The molecule has 1 atom stereocenters. The van der Waals surface area contributed by atoms with E-state index in [2.05, 4.69) is 32.9 Å².